The van der Waals surface area contributed by atoms with Crippen molar-refractivity contribution < 1.29 is 28.6 Å². The summed E-state index contributed by atoms with van der Waals surface area (Å²) in [6, 6.07) is 6.15. The molecule has 0 atom stereocenters. The maximum absolute atomic E-state index is 11.3. The zero-order chi connectivity index (χ0) is 15.0. The Bertz CT molecular complexity index is 499. The van der Waals surface area contributed by atoms with E-state index >= 15 is 0 Å². The van der Waals surface area contributed by atoms with Crippen LogP contribution in [0.25, 0.3) is 0 Å². The molecule has 1 N–H and O–H groups in total. The van der Waals surface area contributed by atoms with Gasteiger partial charge in [-0.1, -0.05) is 6.07 Å². The second-order valence-electron chi connectivity index (χ2n) is 3.58. The number of carbonyl (C=O) groups excluding carboxylic acids is 3. The van der Waals surface area contributed by atoms with E-state index in [1.54, 1.807) is 25.1 Å². The summed E-state index contributed by atoms with van der Waals surface area (Å²) in [5.41, 5.74) is 0.302. The van der Waals surface area contributed by atoms with E-state index in [0.717, 1.165) is 0 Å². The smallest absolute Gasteiger partial charge is 0.413 e. The first-order valence-electron chi connectivity index (χ1n) is 5.84. The van der Waals surface area contributed by atoms with Gasteiger partial charge >= 0.3 is 12.1 Å². The predicted molar refractivity (Wildman–Crippen MR) is 68.4 cm³/mol. The van der Waals surface area contributed by atoms with Crippen LogP contribution in [0.1, 0.15) is 17.3 Å². The largest absolute Gasteiger partial charge is 0.484 e. The Morgan fingerprint density at radius 1 is 1.25 bits per heavy atom. The first-order valence-corrected chi connectivity index (χ1v) is 5.84. The average molecular weight is 281 g/mol. The molecule has 1 rings (SSSR count). The fourth-order valence-corrected chi connectivity index (χ4v) is 1.30. The highest BCUT2D eigenvalue weighted by atomic mass is 16.5. The van der Waals surface area contributed by atoms with Crippen LogP contribution < -0.4 is 10.1 Å². The fourth-order valence-electron chi connectivity index (χ4n) is 1.30. The van der Waals surface area contributed by atoms with Gasteiger partial charge in [0.2, 0.25) is 0 Å². The zero-order valence-electron chi connectivity index (χ0n) is 11.2. The molecule has 0 saturated heterocycles. The SMILES string of the molecule is CCOC(=O)NC(=O)COc1cccc(C(=O)OC)c1. The molecule has 1 aromatic carbocycles. The van der Waals surface area contributed by atoms with Crippen molar-refractivity contribution in [2.24, 2.45) is 0 Å². The molecule has 0 unspecified atom stereocenters. The highest BCUT2D eigenvalue weighted by molar-refractivity contribution is 5.92. The van der Waals surface area contributed by atoms with Crippen LogP contribution in [0.3, 0.4) is 0 Å². The molecule has 2 amide bonds. The fraction of sp³-hybridized carbons (Fsp3) is 0.308. The molecule has 0 heterocycles. The van der Waals surface area contributed by atoms with Crippen LogP contribution in [0.4, 0.5) is 4.79 Å². The van der Waals surface area contributed by atoms with Crippen molar-refractivity contribution in [3.63, 3.8) is 0 Å². The Morgan fingerprint density at radius 3 is 2.65 bits per heavy atom. The molecule has 0 aromatic heterocycles. The maximum Gasteiger partial charge on any atom is 0.413 e. The van der Waals surface area contributed by atoms with Crippen LogP contribution in [0.2, 0.25) is 0 Å². The van der Waals surface area contributed by atoms with Gasteiger partial charge in [0.15, 0.2) is 6.61 Å². The van der Waals surface area contributed by atoms with E-state index in [0.29, 0.717) is 11.3 Å². The third kappa shape index (κ3) is 4.97. The second-order valence-corrected chi connectivity index (χ2v) is 3.58. The van der Waals surface area contributed by atoms with Crippen LogP contribution in [0.15, 0.2) is 24.3 Å². The monoisotopic (exact) mass is 281 g/mol. The number of hydrogen-bond acceptors (Lipinski definition) is 6. The van der Waals surface area contributed by atoms with Gasteiger partial charge < -0.3 is 14.2 Å². The molecule has 20 heavy (non-hydrogen) atoms. The van der Waals surface area contributed by atoms with Crippen molar-refractivity contribution in [2.45, 2.75) is 6.92 Å². The normalized spacial score (nSPS) is 9.50. The molecule has 0 saturated carbocycles. The number of imide groups is 1. The minimum atomic E-state index is -0.829. The summed E-state index contributed by atoms with van der Waals surface area (Å²) in [6.07, 6.45) is -0.829. The van der Waals surface area contributed by atoms with Gasteiger partial charge in [-0.05, 0) is 25.1 Å². The van der Waals surface area contributed by atoms with Gasteiger partial charge in [0.25, 0.3) is 5.91 Å². The number of amides is 2. The number of ether oxygens (including phenoxy) is 3. The van der Waals surface area contributed by atoms with Crippen LogP contribution >= 0.6 is 0 Å². The van der Waals surface area contributed by atoms with Gasteiger partial charge in [-0.2, -0.15) is 0 Å². The molecule has 0 fully saturated rings. The molecule has 0 radical (unpaired) electrons. The number of carbonyl (C=O) groups is 3. The molecule has 0 bridgehead atoms. The molecule has 1 aromatic rings. The lowest BCUT2D eigenvalue weighted by molar-refractivity contribution is -0.122. The highest BCUT2D eigenvalue weighted by Crippen LogP contribution is 2.13. The molecule has 108 valence electrons. The summed E-state index contributed by atoms with van der Waals surface area (Å²) in [7, 11) is 1.27. The van der Waals surface area contributed by atoms with E-state index in [4.69, 9.17) is 4.74 Å². The molecule has 0 aliphatic rings. The van der Waals surface area contributed by atoms with Gasteiger partial charge in [0.05, 0.1) is 19.3 Å². The second kappa shape index (κ2) is 7.78. The number of rotatable bonds is 5. The van der Waals surface area contributed by atoms with E-state index in [1.165, 1.54) is 13.2 Å². The maximum atomic E-state index is 11.3. The van der Waals surface area contributed by atoms with Crippen molar-refractivity contribution in [3.8, 4) is 5.75 Å². The molecule has 7 heteroatoms. The Kier molecular flexibility index (Phi) is 6.02. The Balaban J connectivity index is 2.51. The van der Waals surface area contributed by atoms with Crippen molar-refractivity contribution >= 4 is 18.0 Å². The highest BCUT2D eigenvalue weighted by Gasteiger charge is 2.10. The minimum absolute atomic E-state index is 0.168. The molecule has 0 aliphatic heterocycles. The summed E-state index contributed by atoms with van der Waals surface area (Å²) in [6.45, 7) is 1.42. The number of methoxy groups -OCH3 is 1. The van der Waals surface area contributed by atoms with Crippen LogP contribution in [-0.2, 0) is 14.3 Å². The third-order valence-electron chi connectivity index (χ3n) is 2.14. The zero-order valence-corrected chi connectivity index (χ0v) is 11.2. The van der Waals surface area contributed by atoms with E-state index in [9.17, 15) is 14.4 Å². The Labute approximate surface area is 115 Å². The standard InChI is InChI=1S/C13H15NO6/c1-3-19-13(17)14-11(15)8-20-10-6-4-5-9(7-10)12(16)18-2/h4-7H,3,8H2,1-2H3,(H,14,15,17). The third-order valence-corrected chi connectivity index (χ3v) is 2.14. The number of esters is 1. The van der Waals surface area contributed by atoms with Gasteiger partial charge in [-0.25, -0.2) is 9.59 Å². The Morgan fingerprint density at radius 2 is 2.00 bits per heavy atom. The molecule has 0 spiro atoms. The van der Waals surface area contributed by atoms with Crippen molar-refractivity contribution in [3.05, 3.63) is 29.8 Å². The van der Waals surface area contributed by atoms with Crippen LogP contribution in [0, 0.1) is 0 Å². The summed E-state index contributed by atoms with van der Waals surface area (Å²) < 4.78 is 14.3. The summed E-state index contributed by atoms with van der Waals surface area (Å²) in [4.78, 5) is 33.6. The number of hydrogen-bond donors (Lipinski definition) is 1. The predicted octanol–water partition coefficient (Wildman–Crippen LogP) is 1.12. The van der Waals surface area contributed by atoms with Crippen molar-refractivity contribution in [2.75, 3.05) is 20.3 Å². The lowest BCUT2D eigenvalue weighted by atomic mass is 10.2. The lowest BCUT2D eigenvalue weighted by Gasteiger charge is -2.07. The van der Waals surface area contributed by atoms with Crippen LogP contribution in [-0.4, -0.2) is 38.3 Å². The van der Waals surface area contributed by atoms with E-state index < -0.39 is 18.0 Å². The number of benzene rings is 1. The van der Waals surface area contributed by atoms with Gasteiger partial charge in [0, 0.05) is 0 Å². The lowest BCUT2D eigenvalue weighted by Crippen LogP contribution is -2.34. The Hall–Kier alpha value is -2.57. The van der Waals surface area contributed by atoms with Gasteiger partial charge in [0.1, 0.15) is 5.75 Å². The van der Waals surface area contributed by atoms with Crippen molar-refractivity contribution in [1.29, 1.82) is 0 Å². The summed E-state index contributed by atoms with van der Waals surface area (Å²) >= 11 is 0. The van der Waals surface area contributed by atoms with E-state index in [2.05, 4.69) is 9.47 Å². The quantitative estimate of drug-likeness (QED) is 0.813. The first kappa shape index (κ1) is 15.5. The molecular formula is C13H15NO6. The minimum Gasteiger partial charge on any atom is -0.484 e. The molecule has 0 aliphatic carbocycles. The van der Waals surface area contributed by atoms with Gasteiger partial charge in [-0.15, -0.1) is 0 Å². The number of alkyl carbamates (subject to hydrolysis) is 1. The summed E-state index contributed by atoms with van der Waals surface area (Å²) in [5.74, 6) is -0.842. The topological polar surface area (TPSA) is 90.9 Å². The molecule has 7 nitrogen and oxygen atoms in total. The van der Waals surface area contributed by atoms with Crippen molar-refractivity contribution in [1.82, 2.24) is 5.32 Å². The summed E-state index contributed by atoms with van der Waals surface area (Å²) in [5, 5.41) is 1.98. The van der Waals surface area contributed by atoms with Gasteiger partial charge in [-0.3, -0.25) is 10.1 Å². The van der Waals surface area contributed by atoms with E-state index in [1.807, 2.05) is 5.32 Å². The molecular weight excluding hydrogens is 266 g/mol. The average Bonchev–Trinajstić information content (AvgIpc) is 2.44. The van der Waals surface area contributed by atoms with E-state index in [-0.39, 0.29) is 13.2 Å². The first-order chi connectivity index (χ1) is 9.56. The number of nitrogens with one attached hydrogen (secondary N) is 1. The van der Waals surface area contributed by atoms with Crippen LogP contribution in [0.5, 0.6) is 5.75 Å².